The van der Waals surface area contributed by atoms with Gasteiger partial charge in [0.25, 0.3) is 15.0 Å². The highest BCUT2D eigenvalue weighted by molar-refractivity contribution is 8.13. The van der Waals surface area contributed by atoms with Gasteiger partial charge in [-0.1, -0.05) is 0 Å². The van der Waals surface area contributed by atoms with E-state index in [1.165, 1.54) is 0 Å². The van der Waals surface area contributed by atoms with Gasteiger partial charge in [0.1, 0.15) is 5.82 Å². The normalized spacial score (nSPS) is 27.8. The summed E-state index contributed by atoms with van der Waals surface area (Å²) in [6.07, 6.45) is 2.78. The molecule has 2 bridgehead atoms. The highest BCUT2D eigenvalue weighted by Crippen LogP contribution is 2.34. The number of rotatable bonds is 3. The molecule has 2 aliphatic heterocycles. The van der Waals surface area contributed by atoms with Crippen LogP contribution in [0.3, 0.4) is 0 Å². The Hall–Kier alpha value is -1.18. The lowest BCUT2D eigenvalue weighted by molar-refractivity contribution is 0.0838. The average molecular weight is 334 g/mol. The van der Waals surface area contributed by atoms with Gasteiger partial charge < -0.3 is 10.1 Å². The Kier molecular flexibility index (Phi) is 3.67. The minimum Gasteiger partial charge on any atom is -0.373 e. The van der Waals surface area contributed by atoms with Crippen molar-refractivity contribution in [3.05, 3.63) is 29.6 Å². The molecule has 1 aromatic carbocycles. The molecule has 1 aromatic rings. The Bertz CT molecular complexity index is 693. The molecule has 1 N–H and O–H groups in total. The van der Waals surface area contributed by atoms with Crippen LogP contribution in [0.2, 0.25) is 0 Å². The minimum absolute atomic E-state index is 0.00972. The van der Waals surface area contributed by atoms with Gasteiger partial charge in [-0.2, -0.15) is 0 Å². The summed E-state index contributed by atoms with van der Waals surface area (Å²) in [5, 5.41) is 2.74. The summed E-state index contributed by atoms with van der Waals surface area (Å²) < 4.78 is 41.7. The van der Waals surface area contributed by atoms with Crippen LogP contribution in [-0.2, 0) is 13.8 Å². The van der Waals surface area contributed by atoms with E-state index >= 15 is 0 Å². The lowest BCUT2D eigenvalue weighted by Crippen LogP contribution is -2.41. The van der Waals surface area contributed by atoms with E-state index in [9.17, 15) is 17.6 Å². The molecule has 1 amide bonds. The van der Waals surface area contributed by atoms with E-state index in [0.29, 0.717) is 0 Å². The zero-order valence-corrected chi connectivity index (χ0v) is 12.5. The van der Waals surface area contributed by atoms with Crippen molar-refractivity contribution in [3.8, 4) is 0 Å². The van der Waals surface area contributed by atoms with Crippen molar-refractivity contribution in [3.63, 3.8) is 0 Å². The summed E-state index contributed by atoms with van der Waals surface area (Å²) in [5.74, 6) is -1.49. The van der Waals surface area contributed by atoms with Crippen LogP contribution < -0.4 is 5.32 Å². The van der Waals surface area contributed by atoms with Gasteiger partial charge >= 0.3 is 0 Å². The summed E-state index contributed by atoms with van der Waals surface area (Å²) in [5.41, 5.74) is -0.207. The monoisotopic (exact) mass is 333 g/mol. The Labute approximate surface area is 125 Å². The molecule has 2 heterocycles. The number of ether oxygens (including phenoxy) is 1. The molecule has 114 valence electrons. The second-order valence-electron chi connectivity index (χ2n) is 5.27. The molecular formula is C13H13ClFNO4S. The largest absolute Gasteiger partial charge is 0.373 e. The summed E-state index contributed by atoms with van der Waals surface area (Å²) in [7, 11) is 1.11. The van der Waals surface area contributed by atoms with E-state index < -0.39 is 20.8 Å². The molecule has 0 saturated carbocycles. The van der Waals surface area contributed by atoms with E-state index in [4.69, 9.17) is 15.4 Å². The number of hydrogen-bond donors (Lipinski definition) is 1. The molecule has 0 aromatic heterocycles. The zero-order chi connectivity index (χ0) is 15.2. The molecule has 3 rings (SSSR count). The number of benzene rings is 1. The molecule has 8 heteroatoms. The number of carbonyl (C=O) groups excluding carboxylic acids is 1. The zero-order valence-electron chi connectivity index (χ0n) is 10.9. The van der Waals surface area contributed by atoms with Gasteiger partial charge in [0.15, 0.2) is 0 Å². The quantitative estimate of drug-likeness (QED) is 0.856. The highest BCUT2D eigenvalue weighted by Gasteiger charge is 2.41. The molecular weight excluding hydrogens is 321 g/mol. The molecule has 3 atom stereocenters. The minimum atomic E-state index is -4.02. The summed E-state index contributed by atoms with van der Waals surface area (Å²) in [6.45, 7) is 0. The Morgan fingerprint density at radius 3 is 2.67 bits per heavy atom. The second kappa shape index (κ2) is 5.23. The van der Waals surface area contributed by atoms with Gasteiger partial charge in [-0.05, 0) is 37.5 Å². The first-order chi connectivity index (χ1) is 9.84. The van der Waals surface area contributed by atoms with Crippen LogP contribution in [0.1, 0.15) is 29.6 Å². The number of carbonyl (C=O) groups is 1. The molecule has 2 saturated heterocycles. The molecule has 5 nitrogen and oxygen atoms in total. The van der Waals surface area contributed by atoms with Gasteiger partial charge in [0, 0.05) is 10.7 Å². The summed E-state index contributed by atoms with van der Waals surface area (Å²) in [6, 6.07) is 2.85. The van der Waals surface area contributed by atoms with Crippen molar-refractivity contribution in [2.24, 2.45) is 0 Å². The lowest BCUT2D eigenvalue weighted by Gasteiger charge is -2.20. The van der Waals surface area contributed by atoms with E-state index in [2.05, 4.69) is 5.32 Å². The smallest absolute Gasteiger partial charge is 0.261 e. The van der Waals surface area contributed by atoms with Crippen molar-refractivity contribution in [2.45, 2.75) is 42.4 Å². The van der Waals surface area contributed by atoms with Crippen molar-refractivity contribution >= 4 is 25.6 Å². The molecule has 3 unspecified atom stereocenters. The van der Waals surface area contributed by atoms with Gasteiger partial charge in [0.05, 0.1) is 28.7 Å². The Morgan fingerprint density at radius 1 is 1.38 bits per heavy atom. The topological polar surface area (TPSA) is 72.5 Å². The first-order valence-electron chi connectivity index (χ1n) is 6.55. The second-order valence-corrected chi connectivity index (χ2v) is 7.83. The molecule has 21 heavy (non-hydrogen) atoms. The maximum Gasteiger partial charge on any atom is 0.261 e. The molecule has 2 fully saturated rings. The number of amides is 1. The van der Waals surface area contributed by atoms with Crippen LogP contribution in [0.4, 0.5) is 4.39 Å². The molecule has 0 spiro atoms. The number of nitrogens with one attached hydrogen (secondary N) is 1. The lowest BCUT2D eigenvalue weighted by atomic mass is 9.95. The van der Waals surface area contributed by atoms with Crippen molar-refractivity contribution < 1.29 is 22.3 Å². The van der Waals surface area contributed by atoms with Gasteiger partial charge in [0.2, 0.25) is 0 Å². The van der Waals surface area contributed by atoms with Crippen LogP contribution >= 0.6 is 10.7 Å². The first kappa shape index (κ1) is 14.7. The summed E-state index contributed by atoms with van der Waals surface area (Å²) >= 11 is 0. The van der Waals surface area contributed by atoms with Gasteiger partial charge in [-0.15, -0.1) is 0 Å². The predicted octanol–water partition coefficient (Wildman–Crippen LogP) is 1.80. The Morgan fingerprint density at radius 2 is 2.14 bits per heavy atom. The fraction of sp³-hybridized carbons (Fsp3) is 0.462. The third kappa shape index (κ3) is 2.90. The fourth-order valence-corrected chi connectivity index (χ4v) is 3.63. The Balaban J connectivity index is 1.76. The van der Waals surface area contributed by atoms with Gasteiger partial charge in [-0.25, -0.2) is 12.8 Å². The van der Waals surface area contributed by atoms with Crippen LogP contribution in [0.25, 0.3) is 0 Å². The molecule has 2 aliphatic rings. The predicted molar refractivity (Wildman–Crippen MR) is 73.2 cm³/mol. The van der Waals surface area contributed by atoms with Crippen LogP contribution in [0, 0.1) is 5.82 Å². The number of fused-ring (bicyclic) bond motifs is 2. The van der Waals surface area contributed by atoms with Gasteiger partial charge in [-0.3, -0.25) is 4.79 Å². The van der Waals surface area contributed by atoms with Crippen molar-refractivity contribution in [1.29, 1.82) is 0 Å². The van der Waals surface area contributed by atoms with Crippen LogP contribution in [0.5, 0.6) is 0 Å². The average Bonchev–Trinajstić information content (AvgIpc) is 2.99. The van der Waals surface area contributed by atoms with E-state index in [1.54, 1.807) is 0 Å². The van der Waals surface area contributed by atoms with E-state index in [-0.39, 0.29) is 28.7 Å². The summed E-state index contributed by atoms with van der Waals surface area (Å²) in [4.78, 5) is 11.7. The first-order valence-corrected chi connectivity index (χ1v) is 8.86. The fourth-order valence-electron chi connectivity index (χ4n) is 2.87. The number of hydrogen-bond acceptors (Lipinski definition) is 4. The van der Waals surface area contributed by atoms with Crippen molar-refractivity contribution in [2.75, 3.05) is 0 Å². The molecule has 0 radical (unpaired) electrons. The van der Waals surface area contributed by atoms with E-state index in [1.807, 2.05) is 0 Å². The highest BCUT2D eigenvalue weighted by atomic mass is 35.7. The van der Waals surface area contributed by atoms with E-state index in [0.717, 1.165) is 37.5 Å². The third-order valence-electron chi connectivity index (χ3n) is 3.89. The maximum atomic E-state index is 13.9. The van der Waals surface area contributed by atoms with Crippen LogP contribution in [-0.4, -0.2) is 32.6 Å². The SMILES string of the molecule is O=C(NC1CC2CCC1O2)c1ccc(S(=O)(=O)Cl)cc1F. The van der Waals surface area contributed by atoms with Crippen LogP contribution in [0.15, 0.2) is 23.1 Å². The third-order valence-corrected chi connectivity index (χ3v) is 5.24. The standard InChI is InChI=1S/C13H13ClFNO4S/c14-21(18,19)8-2-3-9(10(15)6-8)13(17)16-11-5-7-1-4-12(11)20-7/h2-3,6-7,11-12H,1,4-5H2,(H,16,17). The maximum absolute atomic E-state index is 13.9. The molecule has 0 aliphatic carbocycles. The number of halogens is 2. The van der Waals surface area contributed by atoms with Crippen molar-refractivity contribution in [1.82, 2.24) is 5.32 Å².